The second kappa shape index (κ2) is 38.4. The Balaban J connectivity index is 2.23. The van der Waals surface area contributed by atoms with E-state index in [9.17, 15) is 19.0 Å². The standard InChI is InChI=1S/C47H78NO9P/c1-3-5-7-8-9-10-11-12-13-14-15-16-20-23-26-29-33-37-46(49)53-41-43(42-55-58(51,52)54-40-39-48)56-47(50)38-34-30-27-24-21-18-17-19-22-25-28-32-36-45-44(57-45)35-31-6-4-2/h6,9-10,12-13,18-19,21-22,27-28,30-32,43-45H,3-5,7-8,11,14-17,20,23-26,29,33-42,48H2,1-2H3,(H,51,52)/b10-9-,13-12-,21-18-,22-19-,30-27-,31-6-,32-28-/t43-,44?,45?/m1/s1. The number of nitrogens with two attached hydrogens (primary N) is 1. The fourth-order valence-electron chi connectivity index (χ4n) is 5.79. The highest BCUT2D eigenvalue weighted by atomic mass is 31.2. The molecule has 0 saturated carbocycles. The van der Waals surface area contributed by atoms with Crippen LogP contribution >= 0.6 is 7.82 Å². The van der Waals surface area contributed by atoms with Gasteiger partial charge in [0.05, 0.1) is 25.4 Å². The lowest BCUT2D eigenvalue weighted by Gasteiger charge is -2.19. The molecule has 1 aliphatic rings. The Morgan fingerprint density at radius 2 is 1.14 bits per heavy atom. The first-order chi connectivity index (χ1) is 28.3. The number of phosphoric acid groups is 1. The summed E-state index contributed by atoms with van der Waals surface area (Å²) in [7, 11) is -4.41. The SMILES string of the molecule is CC/C=C\CC1OC1C/C=C\C/C=C\C/C=C\C/C=C\CCC(=O)O[C@H](COC(=O)CCCCCCCCC/C=C\C/C=C\CCCCC)COP(=O)(O)OCCN. The van der Waals surface area contributed by atoms with Crippen LogP contribution in [0.15, 0.2) is 85.1 Å². The minimum Gasteiger partial charge on any atom is -0.462 e. The summed E-state index contributed by atoms with van der Waals surface area (Å²) in [4.78, 5) is 34.9. The number of carbonyl (C=O) groups excluding carboxylic acids is 2. The van der Waals surface area contributed by atoms with E-state index in [-0.39, 0.29) is 32.6 Å². The molecule has 0 bridgehead atoms. The molecule has 10 nitrogen and oxygen atoms in total. The number of unbranched alkanes of at least 4 members (excludes halogenated alkanes) is 10. The maximum atomic E-state index is 12.6. The maximum absolute atomic E-state index is 12.6. The van der Waals surface area contributed by atoms with Gasteiger partial charge in [-0.05, 0) is 83.5 Å². The van der Waals surface area contributed by atoms with E-state index in [4.69, 9.17) is 29.0 Å². The molecule has 3 unspecified atom stereocenters. The molecule has 4 atom stereocenters. The van der Waals surface area contributed by atoms with Gasteiger partial charge >= 0.3 is 19.8 Å². The number of allylic oxidation sites excluding steroid dienone is 12. The average Bonchev–Trinajstić information content (AvgIpc) is 3.97. The Labute approximate surface area is 351 Å². The molecule has 1 fully saturated rings. The molecule has 1 saturated heterocycles. The quantitative estimate of drug-likeness (QED) is 0.0202. The second-order valence-corrected chi connectivity index (χ2v) is 16.0. The molecule has 0 aromatic carbocycles. The summed E-state index contributed by atoms with van der Waals surface area (Å²) in [5.41, 5.74) is 5.34. The molecular weight excluding hydrogens is 753 g/mol. The predicted molar refractivity (Wildman–Crippen MR) is 237 cm³/mol. The number of rotatable bonds is 39. The van der Waals surface area contributed by atoms with Gasteiger partial charge in [-0.1, -0.05) is 144 Å². The Kier molecular flexibility index (Phi) is 35.2. The van der Waals surface area contributed by atoms with Crippen molar-refractivity contribution < 1.29 is 42.3 Å². The molecule has 1 rings (SSSR count). The van der Waals surface area contributed by atoms with E-state index >= 15 is 0 Å². The van der Waals surface area contributed by atoms with E-state index in [1.165, 1.54) is 44.9 Å². The zero-order valence-electron chi connectivity index (χ0n) is 35.9. The van der Waals surface area contributed by atoms with Crippen LogP contribution in [-0.4, -0.2) is 61.5 Å². The summed E-state index contributed by atoms with van der Waals surface area (Å²) in [5, 5.41) is 0. The van der Waals surface area contributed by atoms with Crippen LogP contribution in [0.2, 0.25) is 0 Å². The summed E-state index contributed by atoms with van der Waals surface area (Å²) in [6.45, 7) is 3.47. The lowest BCUT2D eigenvalue weighted by Crippen LogP contribution is -2.29. The largest absolute Gasteiger partial charge is 0.472 e. The van der Waals surface area contributed by atoms with Crippen LogP contribution in [0.1, 0.15) is 155 Å². The van der Waals surface area contributed by atoms with Gasteiger partial charge in [0, 0.05) is 19.4 Å². The van der Waals surface area contributed by atoms with Gasteiger partial charge in [-0.3, -0.25) is 18.6 Å². The summed E-state index contributed by atoms with van der Waals surface area (Å²) in [5.74, 6) is -0.947. The van der Waals surface area contributed by atoms with E-state index in [2.05, 4.69) is 86.8 Å². The van der Waals surface area contributed by atoms with Gasteiger partial charge in [0.25, 0.3) is 0 Å². The minimum atomic E-state index is -4.41. The lowest BCUT2D eigenvalue weighted by atomic mass is 10.1. The molecule has 0 aromatic rings. The van der Waals surface area contributed by atoms with Gasteiger partial charge in [-0.25, -0.2) is 4.57 Å². The number of carbonyl (C=O) groups is 2. The van der Waals surface area contributed by atoms with Crippen LogP contribution in [0, 0.1) is 0 Å². The van der Waals surface area contributed by atoms with Crippen LogP contribution in [0.25, 0.3) is 0 Å². The van der Waals surface area contributed by atoms with Gasteiger partial charge in [0.1, 0.15) is 6.61 Å². The molecule has 0 aliphatic carbocycles. The molecule has 11 heteroatoms. The number of ether oxygens (including phenoxy) is 3. The molecular formula is C47H78NO9P. The number of esters is 2. The maximum Gasteiger partial charge on any atom is 0.472 e. The normalized spacial score (nSPS) is 17.6. The third-order valence-electron chi connectivity index (χ3n) is 9.18. The Hall–Kier alpha value is -2.85. The highest BCUT2D eigenvalue weighted by molar-refractivity contribution is 7.47. The van der Waals surface area contributed by atoms with E-state index in [1.54, 1.807) is 0 Å². The van der Waals surface area contributed by atoms with E-state index in [0.29, 0.717) is 25.0 Å². The first-order valence-electron chi connectivity index (χ1n) is 22.2. The van der Waals surface area contributed by atoms with Gasteiger partial charge in [0.15, 0.2) is 6.10 Å². The van der Waals surface area contributed by atoms with Crippen molar-refractivity contribution in [3.05, 3.63) is 85.1 Å². The Bertz CT molecular complexity index is 1290. The summed E-state index contributed by atoms with van der Waals surface area (Å²) >= 11 is 0. The molecule has 0 radical (unpaired) electrons. The molecule has 58 heavy (non-hydrogen) atoms. The van der Waals surface area contributed by atoms with E-state index < -0.39 is 32.5 Å². The summed E-state index contributed by atoms with van der Waals surface area (Å²) in [6, 6.07) is 0. The van der Waals surface area contributed by atoms with Crippen LogP contribution in [-0.2, 0) is 37.4 Å². The summed E-state index contributed by atoms with van der Waals surface area (Å²) < 4.78 is 38.4. The lowest BCUT2D eigenvalue weighted by molar-refractivity contribution is -0.161. The van der Waals surface area contributed by atoms with Crippen molar-refractivity contribution in [3.8, 4) is 0 Å². The summed E-state index contributed by atoms with van der Waals surface area (Å²) in [6.07, 6.45) is 50.9. The molecule has 1 heterocycles. The van der Waals surface area contributed by atoms with Crippen molar-refractivity contribution in [2.45, 2.75) is 173 Å². The molecule has 0 amide bonds. The number of hydrogen-bond acceptors (Lipinski definition) is 9. The molecule has 0 aromatic heterocycles. The van der Waals surface area contributed by atoms with E-state index in [0.717, 1.165) is 70.6 Å². The molecule has 1 aliphatic heterocycles. The zero-order chi connectivity index (χ0) is 42.2. The average molecular weight is 832 g/mol. The highest BCUT2D eigenvalue weighted by Crippen LogP contribution is 2.43. The number of phosphoric ester groups is 1. The van der Waals surface area contributed by atoms with Crippen molar-refractivity contribution in [2.24, 2.45) is 5.73 Å². The minimum absolute atomic E-state index is 0.0344. The third-order valence-corrected chi connectivity index (χ3v) is 10.2. The van der Waals surface area contributed by atoms with Crippen molar-refractivity contribution in [2.75, 3.05) is 26.4 Å². The number of epoxide rings is 1. The fraction of sp³-hybridized carbons (Fsp3) is 0.660. The molecule has 0 spiro atoms. The van der Waals surface area contributed by atoms with Gasteiger partial charge in [-0.2, -0.15) is 0 Å². The zero-order valence-corrected chi connectivity index (χ0v) is 36.8. The van der Waals surface area contributed by atoms with Crippen LogP contribution < -0.4 is 5.73 Å². The molecule has 3 N–H and O–H groups in total. The van der Waals surface area contributed by atoms with Gasteiger partial charge in [0.2, 0.25) is 0 Å². The highest BCUT2D eigenvalue weighted by Gasteiger charge is 2.36. The predicted octanol–water partition coefficient (Wildman–Crippen LogP) is 11.8. The topological polar surface area (TPSA) is 147 Å². The Morgan fingerprint density at radius 1 is 0.621 bits per heavy atom. The van der Waals surface area contributed by atoms with Crippen molar-refractivity contribution in [1.29, 1.82) is 0 Å². The van der Waals surface area contributed by atoms with Crippen molar-refractivity contribution in [3.63, 3.8) is 0 Å². The fourth-order valence-corrected chi connectivity index (χ4v) is 6.55. The van der Waals surface area contributed by atoms with Crippen LogP contribution in [0.4, 0.5) is 0 Å². The Morgan fingerprint density at radius 3 is 1.72 bits per heavy atom. The van der Waals surface area contributed by atoms with Gasteiger partial charge < -0.3 is 24.8 Å². The van der Waals surface area contributed by atoms with Crippen molar-refractivity contribution >= 4 is 19.8 Å². The van der Waals surface area contributed by atoms with Crippen LogP contribution in [0.3, 0.4) is 0 Å². The third kappa shape index (κ3) is 35.1. The number of hydrogen-bond donors (Lipinski definition) is 2. The van der Waals surface area contributed by atoms with Crippen LogP contribution in [0.5, 0.6) is 0 Å². The smallest absolute Gasteiger partial charge is 0.462 e. The van der Waals surface area contributed by atoms with Gasteiger partial charge in [-0.15, -0.1) is 0 Å². The first kappa shape index (κ1) is 53.2. The monoisotopic (exact) mass is 832 g/mol. The molecule has 330 valence electrons. The van der Waals surface area contributed by atoms with E-state index in [1.807, 2.05) is 12.2 Å². The van der Waals surface area contributed by atoms with Crippen molar-refractivity contribution in [1.82, 2.24) is 0 Å². The first-order valence-corrected chi connectivity index (χ1v) is 23.7. The second-order valence-electron chi connectivity index (χ2n) is 14.6.